The second-order valence-corrected chi connectivity index (χ2v) is 5.68. The third-order valence-corrected chi connectivity index (χ3v) is 4.03. The van der Waals surface area contributed by atoms with Gasteiger partial charge in [-0.2, -0.15) is 0 Å². The molecule has 0 bridgehead atoms. The van der Waals surface area contributed by atoms with Gasteiger partial charge in [0.2, 0.25) is 0 Å². The number of furan rings is 1. The summed E-state index contributed by atoms with van der Waals surface area (Å²) >= 11 is 0. The van der Waals surface area contributed by atoms with Crippen LogP contribution in [0.1, 0.15) is 42.7 Å². The van der Waals surface area contributed by atoms with Crippen molar-refractivity contribution in [3.8, 4) is 17.4 Å². The number of carbonyl (C=O) groups is 1. The molecule has 1 heterocycles. The molecule has 2 aromatic rings. The summed E-state index contributed by atoms with van der Waals surface area (Å²) in [6.07, 6.45) is 5.68. The number of methoxy groups -OCH3 is 1. The number of ether oxygens (including phenoxy) is 2. The first-order valence-electron chi connectivity index (χ1n) is 7.98. The Balaban J connectivity index is 1.64. The van der Waals surface area contributed by atoms with Gasteiger partial charge < -0.3 is 19.2 Å². The van der Waals surface area contributed by atoms with Crippen LogP contribution in [0.2, 0.25) is 0 Å². The number of carbonyl (C=O) groups excluding carboxylic acids is 1. The van der Waals surface area contributed by atoms with Gasteiger partial charge in [0.05, 0.1) is 7.11 Å². The molecule has 0 saturated heterocycles. The molecule has 3 rings (SSSR count). The van der Waals surface area contributed by atoms with Crippen LogP contribution in [0.3, 0.4) is 0 Å². The standard InChI is InChI=1S/C18H21NO4/c1-21-14-9-5-6-10-15(14)22-17-12-11-16(23-17)18(20)19-13-7-3-2-4-8-13/h5-6,9-13H,2-4,7-8H2,1H3,(H,19,20). The highest BCUT2D eigenvalue weighted by Crippen LogP contribution is 2.31. The van der Waals surface area contributed by atoms with Crippen LogP contribution in [0.15, 0.2) is 40.8 Å². The van der Waals surface area contributed by atoms with Gasteiger partial charge in [-0.3, -0.25) is 4.79 Å². The molecule has 0 spiro atoms. The van der Waals surface area contributed by atoms with E-state index >= 15 is 0 Å². The average Bonchev–Trinajstić information content (AvgIpc) is 3.05. The Morgan fingerprint density at radius 3 is 2.57 bits per heavy atom. The summed E-state index contributed by atoms with van der Waals surface area (Å²) in [5.41, 5.74) is 0. The third-order valence-electron chi connectivity index (χ3n) is 4.03. The normalized spacial score (nSPS) is 15.2. The van der Waals surface area contributed by atoms with E-state index in [-0.39, 0.29) is 23.7 Å². The molecule has 0 atom stereocenters. The Morgan fingerprint density at radius 2 is 1.83 bits per heavy atom. The molecule has 1 saturated carbocycles. The predicted octanol–water partition coefficient (Wildman–Crippen LogP) is 4.14. The minimum atomic E-state index is -0.188. The van der Waals surface area contributed by atoms with Crippen molar-refractivity contribution >= 4 is 5.91 Å². The van der Waals surface area contributed by atoms with E-state index in [0.29, 0.717) is 11.5 Å². The lowest BCUT2D eigenvalue weighted by Crippen LogP contribution is -2.35. The summed E-state index contributed by atoms with van der Waals surface area (Å²) in [4.78, 5) is 12.2. The van der Waals surface area contributed by atoms with E-state index in [4.69, 9.17) is 13.9 Å². The van der Waals surface area contributed by atoms with E-state index in [2.05, 4.69) is 5.32 Å². The molecule has 1 N–H and O–H groups in total. The van der Waals surface area contributed by atoms with Gasteiger partial charge in [-0.25, -0.2) is 0 Å². The number of hydrogen-bond donors (Lipinski definition) is 1. The molecule has 5 heteroatoms. The van der Waals surface area contributed by atoms with Crippen molar-refractivity contribution in [3.63, 3.8) is 0 Å². The topological polar surface area (TPSA) is 60.7 Å². The van der Waals surface area contributed by atoms with Gasteiger partial charge in [0.25, 0.3) is 11.9 Å². The molecule has 1 aliphatic carbocycles. The monoisotopic (exact) mass is 315 g/mol. The second kappa shape index (κ2) is 7.22. The summed E-state index contributed by atoms with van der Waals surface area (Å²) in [5.74, 6) is 1.50. The molecule has 1 aromatic carbocycles. The van der Waals surface area contributed by atoms with E-state index < -0.39 is 0 Å². The summed E-state index contributed by atoms with van der Waals surface area (Å²) in [6, 6.07) is 10.8. The third kappa shape index (κ3) is 3.86. The molecule has 0 aliphatic heterocycles. The first kappa shape index (κ1) is 15.5. The van der Waals surface area contributed by atoms with Crippen molar-refractivity contribution in [1.29, 1.82) is 0 Å². The fourth-order valence-corrected chi connectivity index (χ4v) is 2.81. The predicted molar refractivity (Wildman–Crippen MR) is 86.1 cm³/mol. The molecule has 23 heavy (non-hydrogen) atoms. The van der Waals surface area contributed by atoms with Gasteiger partial charge in [-0.15, -0.1) is 0 Å². The second-order valence-electron chi connectivity index (χ2n) is 5.68. The highest BCUT2D eigenvalue weighted by Gasteiger charge is 2.19. The molecule has 0 unspecified atom stereocenters. The Hall–Kier alpha value is -2.43. The van der Waals surface area contributed by atoms with Gasteiger partial charge in [0.1, 0.15) is 0 Å². The van der Waals surface area contributed by atoms with Crippen LogP contribution in [-0.4, -0.2) is 19.1 Å². The Kier molecular flexibility index (Phi) is 4.86. The van der Waals surface area contributed by atoms with E-state index in [1.807, 2.05) is 12.1 Å². The molecule has 1 aromatic heterocycles. The molecule has 0 radical (unpaired) electrons. The van der Waals surface area contributed by atoms with Crippen molar-refractivity contribution in [1.82, 2.24) is 5.32 Å². The number of hydrogen-bond acceptors (Lipinski definition) is 4. The first-order chi connectivity index (χ1) is 11.3. The Bertz CT molecular complexity index is 659. The van der Waals surface area contributed by atoms with Crippen molar-refractivity contribution in [2.24, 2.45) is 0 Å². The van der Waals surface area contributed by atoms with Gasteiger partial charge in [0, 0.05) is 12.1 Å². The van der Waals surface area contributed by atoms with E-state index in [0.717, 1.165) is 12.8 Å². The SMILES string of the molecule is COc1ccccc1Oc1ccc(C(=O)NC2CCCCC2)o1. The fraction of sp³-hybridized carbons (Fsp3) is 0.389. The zero-order chi connectivity index (χ0) is 16.1. The number of rotatable bonds is 5. The van der Waals surface area contributed by atoms with Crippen LogP contribution >= 0.6 is 0 Å². The van der Waals surface area contributed by atoms with Gasteiger partial charge >= 0.3 is 0 Å². The maximum absolute atomic E-state index is 12.2. The van der Waals surface area contributed by atoms with E-state index in [1.54, 1.807) is 31.4 Å². The Morgan fingerprint density at radius 1 is 1.09 bits per heavy atom. The lowest BCUT2D eigenvalue weighted by molar-refractivity contribution is 0.0894. The molecule has 1 fully saturated rings. The number of benzene rings is 1. The minimum absolute atomic E-state index is 0.188. The van der Waals surface area contributed by atoms with Crippen molar-refractivity contribution in [2.45, 2.75) is 38.1 Å². The van der Waals surface area contributed by atoms with Gasteiger partial charge in [-0.05, 0) is 31.0 Å². The van der Waals surface area contributed by atoms with Crippen LogP contribution in [-0.2, 0) is 0 Å². The van der Waals surface area contributed by atoms with Crippen molar-refractivity contribution in [3.05, 3.63) is 42.2 Å². The lowest BCUT2D eigenvalue weighted by atomic mass is 9.95. The van der Waals surface area contributed by atoms with Gasteiger partial charge in [0.15, 0.2) is 17.3 Å². The zero-order valence-corrected chi connectivity index (χ0v) is 13.2. The minimum Gasteiger partial charge on any atom is -0.493 e. The fourth-order valence-electron chi connectivity index (χ4n) is 2.81. The zero-order valence-electron chi connectivity index (χ0n) is 13.2. The van der Waals surface area contributed by atoms with Gasteiger partial charge in [-0.1, -0.05) is 31.4 Å². The van der Waals surface area contributed by atoms with E-state index in [1.165, 1.54) is 19.3 Å². The number of para-hydroxylation sites is 2. The van der Waals surface area contributed by atoms with Crippen LogP contribution in [0, 0.1) is 0 Å². The molecular weight excluding hydrogens is 294 g/mol. The molecular formula is C18H21NO4. The van der Waals surface area contributed by atoms with Crippen LogP contribution in [0.25, 0.3) is 0 Å². The van der Waals surface area contributed by atoms with Crippen molar-refractivity contribution in [2.75, 3.05) is 7.11 Å². The maximum atomic E-state index is 12.2. The van der Waals surface area contributed by atoms with Crippen LogP contribution in [0.5, 0.6) is 17.4 Å². The summed E-state index contributed by atoms with van der Waals surface area (Å²) < 4.78 is 16.4. The Labute approximate surface area is 135 Å². The highest BCUT2D eigenvalue weighted by molar-refractivity contribution is 5.91. The smallest absolute Gasteiger partial charge is 0.290 e. The summed E-state index contributed by atoms with van der Waals surface area (Å²) in [5, 5.41) is 3.02. The quantitative estimate of drug-likeness (QED) is 0.900. The lowest BCUT2D eigenvalue weighted by Gasteiger charge is -2.22. The molecule has 5 nitrogen and oxygen atoms in total. The summed E-state index contributed by atoms with van der Waals surface area (Å²) in [6.45, 7) is 0. The molecule has 1 amide bonds. The highest BCUT2D eigenvalue weighted by atomic mass is 16.6. The average molecular weight is 315 g/mol. The van der Waals surface area contributed by atoms with Crippen LogP contribution < -0.4 is 14.8 Å². The van der Waals surface area contributed by atoms with Crippen molar-refractivity contribution < 1.29 is 18.7 Å². The first-order valence-corrected chi connectivity index (χ1v) is 7.98. The van der Waals surface area contributed by atoms with E-state index in [9.17, 15) is 4.79 Å². The maximum Gasteiger partial charge on any atom is 0.290 e. The summed E-state index contributed by atoms with van der Waals surface area (Å²) in [7, 11) is 1.58. The molecule has 1 aliphatic rings. The van der Waals surface area contributed by atoms with Crippen LogP contribution in [0.4, 0.5) is 0 Å². The molecule has 122 valence electrons. The number of amides is 1. The largest absolute Gasteiger partial charge is 0.493 e. The number of nitrogens with one attached hydrogen (secondary N) is 1.